The molecule has 0 bridgehead atoms. The summed E-state index contributed by atoms with van der Waals surface area (Å²) in [6.45, 7) is 7.84. The number of hydrazine groups is 1. The summed E-state index contributed by atoms with van der Waals surface area (Å²) in [5, 5.41) is 5.12. The van der Waals surface area contributed by atoms with Crippen molar-refractivity contribution in [2.45, 2.75) is 39.9 Å². The van der Waals surface area contributed by atoms with E-state index < -0.39 is 35.7 Å². The zero-order chi connectivity index (χ0) is 25.0. The van der Waals surface area contributed by atoms with Gasteiger partial charge in [0.2, 0.25) is 0 Å². The van der Waals surface area contributed by atoms with Crippen LogP contribution in [-0.2, 0) is 15.7 Å². The van der Waals surface area contributed by atoms with Gasteiger partial charge in [0.25, 0.3) is 11.8 Å². The molecule has 33 heavy (non-hydrogen) atoms. The van der Waals surface area contributed by atoms with E-state index in [4.69, 9.17) is 0 Å². The molecule has 0 saturated carbocycles. The molecule has 11 heteroatoms. The van der Waals surface area contributed by atoms with Crippen molar-refractivity contribution in [2.75, 3.05) is 11.9 Å². The number of ether oxygens (including phenoxy) is 1. The van der Waals surface area contributed by atoms with Crippen LogP contribution in [0.25, 0.3) is 0 Å². The molecule has 1 aliphatic rings. The molecule has 1 fully saturated rings. The molecule has 8 nitrogen and oxygen atoms in total. The first-order chi connectivity index (χ1) is 15.7. The number of anilines is 2. The van der Waals surface area contributed by atoms with Crippen molar-refractivity contribution in [3.05, 3.63) is 59.7 Å². The zero-order valence-corrected chi connectivity index (χ0v) is 18.7. The van der Waals surface area contributed by atoms with Gasteiger partial charge in [-0.15, -0.1) is 0 Å². The van der Waals surface area contributed by atoms with Crippen LogP contribution in [0.4, 0.5) is 29.3 Å². The SMILES string of the molecule is CC.CC.O=C1NC(C(=O)NNC(=O)c2ccccc2Nc2ccc(C(F)(F)F)cc2)CO1. The van der Waals surface area contributed by atoms with Crippen molar-refractivity contribution in [3.8, 4) is 0 Å². The summed E-state index contributed by atoms with van der Waals surface area (Å²) < 4.78 is 42.6. The van der Waals surface area contributed by atoms with Gasteiger partial charge in [-0.1, -0.05) is 39.8 Å². The van der Waals surface area contributed by atoms with Crippen LogP contribution in [0.5, 0.6) is 0 Å². The van der Waals surface area contributed by atoms with E-state index in [9.17, 15) is 27.6 Å². The molecule has 0 spiro atoms. The number of hydrogen-bond acceptors (Lipinski definition) is 5. The Morgan fingerprint density at radius 1 is 0.970 bits per heavy atom. The van der Waals surface area contributed by atoms with Gasteiger partial charge < -0.3 is 15.4 Å². The monoisotopic (exact) mass is 468 g/mol. The lowest BCUT2D eigenvalue weighted by Gasteiger charge is -2.14. The van der Waals surface area contributed by atoms with Crippen LogP contribution >= 0.6 is 0 Å². The number of amides is 3. The Kier molecular flexibility index (Phi) is 10.7. The summed E-state index contributed by atoms with van der Waals surface area (Å²) in [7, 11) is 0. The lowest BCUT2D eigenvalue weighted by atomic mass is 10.1. The molecule has 1 heterocycles. The summed E-state index contributed by atoms with van der Waals surface area (Å²) in [4.78, 5) is 35.2. The maximum Gasteiger partial charge on any atom is 0.416 e. The number of benzene rings is 2. The van der Waals surface area contributed by atoms with Crippen molar-refractivity contribution in [1.82, 2.24) is 16.2 Å². The van der Waals surface area contributed by atoms with Crippen LogP contribution in [-0.4, -0.2) is 30.6 Å². The number of para-hydroxylation sites is 1. The van der Waals surface area contributed by atoms with Crippen molar-refractivity contribution < 1.29 is 32.3 Å². The van der Waals surface area contributed by atoms with E-state index in [1.54, 1.807) is 18.2 Å². The number of alkyl carbamates (subject to hydrolysis) is 1. The highest BCUT2D eigenvalue weighted by Gasteiger charge is 2.30. The molecule has 2 aromatic rings. The minimum absolute atomic E-state index is 0.138. The van der Waals surface area contributed by atoms with E-state index >= 15 is 0 Å². The molecular formula is C22H27F3N4O4. The Balaban J connectivity index is 0.00000129. The second-order valence-corrected chi connectivity index (χ2v) is 5.98. The average Bonchev–Trinajstić information content (AvgIpc) is 3.26. The molecule has 1 aliphatic heterocycles. The first-order valence-electron chi connectivity index (χ1n) is 10.3. The van der Waals surface area contributed by atoms with Gasteiger partial charge in [-0.25, -0.2) is 4.79 Å². The third-order valence-electron chi connectivity index (χ3n) is 3.95. The minimum Gasteiger partial charge on any atom is -0.447 e. The zero-order valence-electron chi connectivity index (χ0n) is 18.7. The van der Waals surface area contributed by atoms with Gasteiger partial charge in [-0.2, -0.15) is 13.2 Å². The Hall–Kier alpha value is -3.76. The van der Waals surface area contributed by atoms with E-state index in [0.717, 1.165) is 12.1 Å². The van der Waals surface area contributed by atoms with Crippen molar-refractivity contribution in [2.24, 2.45) is 0 Å². The van der Waals surface area contributed by atoms with E-state index in [0.29, 0.717) is 11.4 Å². The van der Waals surface area contributed by atoms with Gasteiger partial charge in [-0.05, 0) is 36.4 Å². The molecular weight excluding hydrogens is 441 g/mol. The summed E-state index contributed by atoms with van der Waals surface area (Å²) in [6.07, 6.45) is -5.18. The summed E-state index contributed by atoms with van der Waals surface area (Å²) >= 11 is 0. The van der Waals surface area contributed by atoms with Crippen LogP contribution in [0.2, 0.25) is 0 Å². The second kappa shape index (κ2) is 12.9. The molecule has 180 valence electrons. The highest BCUT2D eigenvalue weighted by Crippen LogP contribution is 2.30. The van der Waals surface area contributed by atoms with Gasteiger partial charge in [0.1, 0.15) is 12.6 Å². The molecule has 0 aliphatic carbocycles. The highest BCUT2D eigenvalue weighted by molar-refractivity contribution is 6.01. The molecule has 0 radical (unpaired) electrons. The quantitative estimate of drug-likeness (QED) is 0.499. The first-order valence-corrected chi connectivity index (χ1v) is 10.3. The number of nitrogens with one attached hydrogen (secondary N) is 4. The maximum absolute atomic E-state index is 12.7. The Morgan fingerprint density at radius 2 is 1.58 bits per heavy atom. The van der Waals surface area contributed by atoms with Crippen LogP contribution in [0.1, 0.15) is 43.6 Å². The van der Waals surface area contributed by atoms with Crippen LogP contribution < -0.4 is 21.5 Å². The summed E-state index contributed by atoms with van der Waals surface area (Å²) in [5.74, 6) is -1.34. The molecule has 3 rings (SSSR count). The molecule has 3 amide bonds. The number of carbonyl (C=O) groups excluding carboxylic acids is 3. The minimum atomic E-state index is -4.45. The smallest absolute Gasteiger partial charge is 0.416 e. The Labute approximate surface area is 189 Å². The van der Waals surface area contributed by atoms with Crippen LogP contribution in [0.3, 0.4) is 0 Å². The predicted molar refractivity (Wildman–Crippen MR) is 118 cm³/mol. The highest BCUT2D eigenvalue weighted by atomic mass is 19.4. The summed E-state index contributed by atoms with van der Waals surface area (Å²) in [5.41, 5.74) is 4.39. The van der Waals surface area contributed by atoms with Crippen LogP contribution in [0, 0.1) is 0 Å². The molecule has 2 aromatic carbocycles. The third-order valence-corrected chi connectivity index (χ3v) is 3.95. The number of alkyl halides is 3. The average molecular weight is 468 g/mol. The molecule has 4 N–H and O–H groups in total. The van der Waals surface area contributed by atoms with Crippen LogP contribution in [0.15, 0.2) is 48.5 Å². The topological polar surface area (TPSA) is 109 Å². The largest absolute Gasteiger partial charge is 0.447 e. The van der Waals surface area contributed by atoms with E-state index in [1.165, 1.54) is 18.2 Å². The van der Waals surface area contributed by atoms with Gasteiger partial charge in [0, 0.05) is 5.69 Å². The maximum atomic E-state index is 12.7. The van der Waals surface area contributed by atoms with E-state index in [1.807, 2.05) is 27.7 Å². The fraction of sp³-hybridized carbons (Fsp3) is 0.318. The number of rotatable bonds is 4. The Morgan fingerprint density at radius 3 is 2.12 bits per heavy atom. The lowest BCUT2D eigenvalue weighted by molar-refractivity contribution is -0.137. The van der Waals surface area contributed by atoms with E-state index in [2.05, 4.69) is 26.2 Å². The van der Waals surface area contributed by atoms with Gasteiger partial charge >= 0.3 is 12.3 Å². The third kappa shape index (κ3) is 8.02. The Bertz CT molecular complexity index is 934. The molecule has 1 saturated heterocycles. The molecule has 1 atom stereocenters. The fourth-order valence-electron chi connectivity index (χ4n) is 2.49. The number of hydrogen-bond donors (Lipinski definition) is 4. The number of cyclic esters (lactones) is 1. The predicted octanol–water partition coefficient (Wildman–Crippen LogP) is 4.37. The van der Waals surface area contributed by atoms with Crippen molar-refractivity contribution in [3.63, 3.8) is 0 Å². The second-order valence-electron chi connectivity index (χ2n) is 5.98. The van der Waals surface area contributed by atoms with Crippen molar-refractivity contribution >= 4 is 29.3 Å². The number of carbonyl (C=O) groups is 3. The van der Waals surface area contributed by atoms with Crippen molar-refractivity contribution in [1.29, 1.82) is 0 Å². The van der Waals surface area contributed by atoms with E-state index in [-0.39, 0.29) is 12.2 Å². The first kappa shape index (κ1) is 27.3. The lowest BCUT2D eigenvalue weighted by Crippen LogP contribution is -2.50. The normalized spacial score (nSPS) is 14.3. The van der Waals surface area contributed by atoms with Gasteiger partial charge in [-0.3, -0.25) is 20.4 Å². The molecule has 1 unspecified atom stereocenters. The van der Waals surface area contributed by atoms with Gasteiger partial charge in [0.05, 0.1) is 16.8 Å². The number of halogens is 3. The molecule has 0 aromatic heterocycles. The summed E-state index contributed by atoms with van der Waals surface area (Å²) in [6, 6.07) is 9.63. The fourth-order valence-corrected chi connectivity index (χ4v) is 2.49. The standard InChI is InChI=1S/C18H15F3N4O4.2C2H6/c19-18(20,21)10-5-7-11(8-6-10)22-13-4-2-1-3-12(13)15(26)24-25-16(27)14-9-29-17(28)23-14;2*1-2/h1-8,14,22H,9H2,(H,23,28)(H,24,26)(H,25,27);2*1-2H3. The van der Waals surface area contributed by atoms with Gasteiger partial charge in [0.15, 0.2) is 0 Å².